The van der Waals surface area contributed by atoms with Gasteiger partial charge in [0.25, 0.3) is 11.8 Å². The molecule has 0 radical (unpaired) electrons. The number of fused-ring (bicyclic) bond motifs is 1. The van der Waals surface area contributed by atoms with Crippen LogP contribution in [-0.2, 0) is 51.3 Å². The van der Waals surface area contributed by atoms with Gasteiger partial charge in [-0.2, -0.15) is 9.78 Å². The molecule has 1 atom stereocenters. The third-order valence-electron chi connectivity index (χ3n) is 11.4. The van der Waals surface area contributed by atoms with Crippen molar-refractivity contribution in [3.8, 4) is 22.4 Å². The number of rotatable bonds is 22. The number of Topliss-reactive ketones (excluding diaryl/α,β-unsaturated/α-hetero) is 1. The number of amides is 7. The van der Waals surface area contributed by atoms with Gasteiger partial charge in [0.1, 0.15) is 18.5 Å². The summed E-state index contributed by atoms with van der Waals surface area (Å²) in [5.74, 6) is -4.96. The monoisotopic (exact) mass is 1010 g/mol. The zero-order chi connectivity index (χ0) is 52.9. The van der Waals surface area contributed by atoms with Gasteiger partial charge in [-0.25, -0.2) is 9.18 Å². The number of carbonyl (C=O) groups is 9. The molecule has 0 unspecified atom stereocenters. The van der Waals surface area contributed by atoms with Gasteiger partial charge in [-0.1, -0.05) is 54.0 Å². The Morgan fingerprint density at radius 1 is 0.784 bits per heavy atom. The number of imide groups is 1. The Bertz CT molecular complexity index is 3160. The minimum absolute atomic E-state index is 0.0377. The molecule has 0 saturated heterocycles. The second-order valence-electron chi connectivity index (χ2n) is 16.8. The maximum atomic E-state index is 15.1. The Morgan fingerprint density at radius 3 is 2.22 bits per heavy atom. The number of ether oxygens (including phenoxy) is 1. The summed E-state index contributed by atoms with van der Waals surface area (Å²) < 4.78 is 27.0. The minimum atomic E-state index is -1.13. The van der Waals surface area contributed by atoms with Crippen LogP contribution < -0.4 is 38.1 Å². The number of ketones is 1. The van der Waals surface area contributed by atoms with Crippen molar-refractivity contribution in [2.24, 2.45) is 0 Å². The number of nitrogen functional groups attached to an aromatic ring is 2. The van der Waals surface area contributed by atoms with E-state index >= 15 is 4.39 Å². The van der Waals surface area contributed by atoms with Gasteiger partial charge in [0, 0.05) is 77.6 Å². The second kappa shape index (κ2) is 24.0. The van der Waals surface area contributed by atoms with Gasteiger partial charge >= 0.3 is 6.09 Å². The van der Waals surface area contributed by atoms with Gasteiger partial charge in [0.05, 0.1) is 36.9 Å². The maximum absolute atomic E-state index is 15.1. The highest BCUT2D eigenvalue weighted by Crippen LogP contribution is 2.38. The highest BCUT2D eigenvalue weighted by atomic mass is 19.1. The fourth-order valence-corrected chi connectivity index (χ4v) is 7.60. The molecule has 4 heterocycles. The first kappa shape index (κ1) is 52.2. The van der Waals surface area contributed by atoms with E-state index in [0.717, 1.165) is 15.6 Å². The van der Waals surface area contributed by atoms with E-state index in [-0.39, 0.29) is 82.9 Å². The van der Waals surface area contributed by atoms with Crippen LogP contribution in [0.3, 0.4) is 0 Å². The fourth-order valence-electron chi connectivity index (χ4n) is 7.60. The predicted molar refractivity (Wildman–Crippen MR) is 263 cm³/mol. The molecule has 3 aromatic carbocycles. The number of nitrogens with one attached hydrogen (secondary N) is 5. The zero-order valence-electron chi connectivity index (χ0n) is 39.6. The van der Waals surface area contributed by atoms with Crippen LogP contribution in [0.4, 0.5) is 26.4 Å². The number of carbonyl (C=O) groups excluding carboxylic acids is 9. The van der Waals surface area contributed by atoms with Crippen LogP contribution in [0.2, 0.25) is 0 Å². The Balaban J connectivity index is 0.846. The average molecular weight is 1010 g/mol. The number of nitrogens with two attached hydrogens (primary N) is 2. The van der Waals surface area contributed by atoms with Crippen LogP contribution in [0.15, 0.2) is 102 Å². The summed E-state index contributed by atoms with van der Waals surface area (Å²) in [7, 11) is 0. The number of anilines is 3. The lowest BCUT2D eigenvalue weighted by Crippen LogP contribution is -2.52. The Kier molecular flexibility index (Phi) is 16.9. The molecule has 1 aliphatic rings. The summed E-state index contributed by atoms with van der Waals surface area (Å²) in [6.07, 6.45) is 7.38. The van der Waals surface area contributed by atoms with Crippen LogP contribution in [0.1, 0.15) is 54.1 Å². The zero-order valence-corrected chi connectivity index (χ0v) is 39.6. The predicted octanol–water partition coefficient (Wildman–Crippen LogP) is 2.94. The summed E-state index contributed by atoms with van der Waals surface area (Å²) in [5.41, 5.74) is 14.4. The molecule has 0 bridgehead atoms. The first-order valence-corrected chi connectivity index (χ1v) is 23.0. The van der Waals surface area contributed by atoms with Crippen molar-refractivity contribution < 1.29 is 56.8 Å². The average Bonchev–Trinajstić information content (AvgIpc) is 4.12. The third kappa shape index (κ3) is 13.4. The summed E-state index contributed by atoms with van der Waals surface area (Å²) in [5, 5.41) is 20.7. The smallest absolute Gasteiger partial charge is 0.435 e. The number of halogens is 1. The van der Waals surface area contributed by atoms with Crippen molar-refractivity contribution in [1.82, 2.24) is 46.1 Å². The number of nitrogens with zero attached hydrogens (tertiary/aromatic N) is 5. The number of unbranched alkanes of at least 4 members (excludes halogenated alkanes) is 2. The highest BCUT2D eigenvalue weighted by Gasteiger charge is 2.26. The topological polar surface area (TPSA) is 335 Å². The van der Waals surface area contributed by atoms with E-state index in [2.05, 4.69) is 41.8 Å². The van der Waals surface area contributed by atoms with E-state index in [9.17, 15) is 43.2 Å². The number of hydrogen-bond acceptors (Lipinski definition) is 16. The van der Waals surface area contributed by atoms with E-state index in [4.69, 9.17) is 20.7 Å². The first-order valence-electron chi connectivity index (χ1n) is 23.0. The van der Waals surface area contributed by atoms with Gasteiger partial charge < -0.3 is 47.3 Å². The van der Waals surface area contributed by atoms with E-state index in [1.165, 1.54) is 43.7 Å². The molecule has 6 aromatic rings. The van der Waals surface area contributed by atoms with E-state index < -0.39 is 67.1 Å². The largest absolute Gasteiger partial charge is 0.443 e. The molecule has 74 heavy (non-hydrogen) atoms. The molecule has 0 aliphatic carbocycles. The molecular formula is C50H49FN12O11. The Labute approximate surface area is 420 Å². The van der Waals surface area contributed by atoms with E-state index in [0.29, 0.717) is 47.2 Å². The molecule has 3 aromatic heterocycles. The van der Waals surface area contributed by atoms with E-state index in [1.54, 1.807) is 54.6 Å². The van der Waals surface area contributed by atoms with Crippen LogP contribution in [0.5, 0.6) is 0 Å². The summed E-state index contributed by atoms with van der Waals surface area (Å²) in [6, 6.07) is 16.3. The summed E-state index contributed by atoms with van der Waals surface area (Å²) in [4.78, 5) is 118. The van der Waals surface area contributed by atoms with Gasteiger partial charge in [-0.3, -0.25) is 48.2 Å². The first-order chi connectivity index (χ1) is 35.5. The van der Waals surface area contributed by atoms with Gasteiger partial charge in [-0.15, -0.1) is 0 Å². The molecule has 0 fully saturated rings. The van der Waals surface area contributed by atoms with E-state index in [1.807, 2.05) is 0 Å². The molecular weight excluding hydrogens is 964 g/mol. The Morgan fingerprint density at radius 2 is 1.49 bits per heavy atom. The molecule has 9 N–H and O–H groups in total. The third-order valence-corrected chi connectivity index (χ3v) is 11.4. The van der Waals surface area contributed by atoms with Gasteiger partial charge in [0.2, 0.25) is 29.5 Å². The lowest BCUT2D eigenvalue weighted by atomic mass is 9.99. The van der Waals surface area contributed by atoms with Crippen molar-refractivity contribution in [3.05, 3.63) is 120 Å². The van der Waals surface area contributed by atoms with Gasteiger partial charge in [-0.05, 0) is 55.2 Å². The highest BCUT2D eigenvalue weighted by molar-refractivity contribution is 6.13. The van der Waals surface area contributed by atoms with Crippen LogP contribution in [0, 0.1) is 5.82 Å². The van der Waals surface area contributed by atoms with Crippen LogP contribution >= 0.6 is 0 Å². The van der Waals surface area contributed by atoms with Crippen molar-refractivity contribution in [2.45, 2.75) is 51.7 Å². The molecule has 24 heteroatoms. The molecule has 7 rings (SSSR count). The fraction of sp³-hybridized carbons (Fsp3) is 0.240. The number of aromatic nitrogens is 4. The van der Waals surface area contributed by atoms with Crippen molar-refractivity contribution in [2.75, 3.05) is 43.0 Å². The molecule has 382 valence electrons. The normalized spacial score (nSPS) is 12.3. The summed E-state index contributed by atoms with van der Waals surface area (Å²) >= 11 is 0. The molecule has 7 amide bonds. The van der Waals surface area contributed by atoms with Crippen LogP contribution in [-0.4, -0.2) is 110 Å². The second-order valence-corrected chi connectivity index (χ2v) is 16.8. The molecule has 0 spiro atoms. The number of benzene rings is 3. The molecule has 23 nitrogen and oxygen atoms in total. The maximum Gasteiger partial charge on any atom is 0.435 e. The molecule has 1 aliphatic heterocycles. The number of hydrogen-bond donors (Lipinski definition) is 7. The standard InChI is InChI=1S/C50H49FN12O11/c1-28(64)33-19-34(36(51)20-37(33)52)46-45-47(74-61-48(45)53)35(22-56-46)31-21-58-63(26-31)50(72)73-27-30-11-13-32(14-12-30)59-41(67)25-57-49(71)38(18-29-8-4-2-5-9-29)60-42(68)24-55-40(66)23-54-39(65)10-6-3-7-17-62-43(69)15-16-44(62)70/h2,4-5,8-9,11-16,19-22,26,38H,3,6-7,10,17-18,23-25,27,52H2,1H3,(H2,53,61)(H,54,65)(H,55,66)(H,57,71)(H,59,67)(H,60,68)/t38-/m0/s1. The minimum Gasteiger partial charge on any atom is -0.443 e. The lowest BCUT2D eigenvalue weighted by Gasteiger charge is -2.19. The molecule has 0 saturated carbocycles. The lowest BCUT2D eigenvalue weighted by molar-refractivity contribution is -0.137. The van der Waals surface area contributed by atoms with Crippen molar-refractivity contribution in [1.29, 1.82) is 0 Å². The van der Waals surface area contributed by atoms with Crippen molar-refractivity contribution >= 4 is 81.4 Å². The Hall–Kier alpha value is -9.61. The van der Waals surface area contributed by atoms with Gasteiger partial charge in [0.15, 0.2) is 17.2 Å². The number of pyridine rings is 1. The van der Waals surface area contributed by atoms with Crippen LogP contribution in [0.25, 0.3) is 33.4 Å². The quantitative estimate of drug-likeness (QED) is 0.0222. The SMILES string of the molecule is CC(=O)c1cc(-c2ncc(-c3cnn(C(=O)OCc4ccc(NC(=O)CNC(=O)[C@H](Cc5ccccc5)NC(=O)CNC(=O)CNC(=O)CCCCCN5C(=O)C=CC5=O)cc4)c3)c3onc(N)c23)c(F)cc1N. The van der Waals surface area contributed by atoms with Crippen molar-refractivity contribution in [3.63, 3.8) is 0 Å². The summed E-state index contributed by atoms with van der Waals surface area (Å²) in [6.45, 7) is 0.00468.